The second kappa shape index (κ2) is 7.01. The van der Waals surface area contributed by atoms with E-state index in [1.165, 1.54) is 0 Å². The van der Waals surface area contributed by atoms with Gasteiger partial charge in [-0.1, -0.05) is 55.5 Å². The van der Waals surface area contributed by atoms with Crippen LogP contribution in [-0.2, 0) is 6.42 Å². The Morgan fingerprint density at radius 3 is 2.13 bits per heavy atom. The fourth-order valence-corrected chi connectivity index (χ4v) is 2.43. The summed E-state index contributed by atoms with van der Waals surface area (Å²) in [5.41, 5.74) is 2.23. The van der Waals surface area contributed by atoms with Crippen molar-refractivity contribution >= 4 is 0 Å². The summed E-state index contributed by atoms with van der Waals surface area (Å²) in [6.45, 7) is 4.16. The average Bonchev–Trinajstić information content (AvgIpc) is 2.59. The van der Waals surface area contributed by atoms with Crippen LogP contribution in [-0.4, -0.2) is 0 Å². The van der Waals surface area contributed by atoms with Crippen LogP contribution in [0.4, 0.5) is 0 Å². The number of rotatable bonds is 5. The molecule has 0 fully saturated rings. The van der Waals surface area contributed by atoms with E-state index in [2.05, 4.69) is 13.0 Å². The molecule has 0 aromatic heterocycles. The third kappa shape index (κ3) is 3.54. The van der Waals surface area contributed by atoms with Crippen LogP contribution in [0.2, 0.25) is 0 Å². The van der Waals surface area contributed by atoms with Gasteiger partial charge >= 0.3 is 0 Å². The van der Waals surface area contributed by atoms with Gasteiger partial charge in [0.1, 0.15) is 11.5 Å². The quantitative estimate of drug-likeness (QED) is 0.563. The number of hydrogen-bond acceptors (Lipinski definition) is 2. The van der Waals surface area contributed by atoms with Gasteiger partial charge in [-0.3, -0.25) is 0 Å². The van der Waals surface area contributed by atoms with Crippen LogP contribution in [0.5, 0.6) is 23.0 Å². The van der Waals surface area contributed by atoms with Gasteiger partial charge < -0.3 is 9.47 Å². The molecule has 2 heteroatoms. The first-order valence-corrected chi connectivity index (χ1v) is 7.86. The molecule has 0 aliphatic rings. The molecule has 3 aromatic rings. The van der Waals surface area contributed by atoms with E-state index in [1.54, 1.807) is 0 Å². The summed E-state index contributed by atoms with van der Waals surface area (Å²) < 4.78 is 12.2. The molecule has 0 saturated heterocycles. The van der Waals surface area contributed by atoms with Gasteiger partial charge in [-0.2, -0.15) is 0 Å². The number of benzene rings is 3. The molecule has 2 nitrogen and oxygen atoms in total. The lowest BCUT2D eigenvalue weighted by molar-refractivity contribution is 0.413. The van der Waals surface area contributed by atoms with Gasteiger partial charge in [-0.15, -0.1) is 0 Å². The lowest BCUT2D eigenvalue weighted by Gasteiger charge is -2.16. The second-order valence-electron chi connectivity index (χ2n) is 5.38. The van der Waals surface area contributed by atoms with Crippen molar-refractivity contribution in [2.75, 3.05) is 0 Å². The Morgan fingerprint density at radius 1 is 0.696 bits per heavy atom. The molecule has 0 spiro atoms. The molecule has 3 aromatic carbocycles. The van der Waals surface area contributed by atoms with Gasteiger partial charge in [-0.05, 0) is 48.7 Å². The van der Waals surface area contributed by atoms with Crippen molar-refractivity contribution in [1.29, 1.82) is 0 Å². The summed E-state index contributed by atoms with van der Waals surface area (Å²) in [7, 11) is 0. The highest BCUT2D eigenvalue weighted by Crippen LogP contribution is 2.38. The highest BCUT2D eigenvalue weighted by Gasteiger charge is 2.13. The van der Waals surface area contributed by atoms with Gasteiger partial charge in [0, 0.05) is 0 Å². The molecule has 0 bridgehead atoms. The monoisotopic (exact) mass is 304 g/mol. The summed E-state index contributed by atoms with van der Waals surface area (Å²) >= 11 is 0. The smallest absolute Gasteiger partial charge is 0.173 e. The molecule has 0 saturated carbocycles. The predicted octanol–water partition coefficient (Wildman–Crippen LogP) is 6.14. The summed E-state index contributed by atoms with van der Waals surface area (Å²) in [5, 5.41) is 0. The first kappa shape index (κ1) is 15.2. The summed E-state index contributed by atoms with van der Waals surface area (Å²) in [5.74, 6) is 3.17. The minimum atomic E-state index is 0.735. The van der Waals surface area contributed by atoms with Crippen LogP contribution in [0.1, 0.15) is 18.1 Å². The third-order valence-corrected chi connectivity index (χ3v) is 3.72. The van der Waals surface area contributed by atoms with Gasteiger partial charge in [0.2, 0.25) is 0 Å². The van der Waals surface area contributed by atoms with Crippen LogP contribution in [0.15, 0.2) is 72.8 Å². The maximum atomic E-state index is 6.21. The zero-order valence-corrected chi connectivity index (χ0v) is 13.5. The molecule has 0 aliphatic heterocycles. The summed E-state index contributed by atoms with van der Waals surface area (Å²) in [4.78, 5) is 0. The lowest BCUT2D eigenvalue weighted by Crippen LogP contribution is -1.96. The number of ether oxygens (including phenoxy) is 2. The zero-order valence-electron chi connectivity index (χ0n) is 13.5. The Bertz CT molecular complexity index is 779. The van der Waals surface area contributed by atoms with Crippen molar-refractivity contribution in [2.45, 2.75) is 20.3 Å². The first-order chi connectivity index (χ1) is 11.3. The zero-order chi connectivity index (χ0) is 16.1. The van der Waals surface area contributed by atoms with E-state index in [1.807, 2.05) is 73.7 Å². The highest BCUT2D eigenvalue weighted by molar-refractivity contribution is 5.51. The predicted molar refractivity (Wildman–Crippen MR) is 93.6 cm³/mol. The van der Waals surface area contributed by atoms with Gasteiger partial charge in [0.05, 0.1) is 0 Å². The summed E-state index contributed by atoms with van der Waals surface area (Å²) in [6, 6.07) is 23.8. The van der Waals surface area contributed by atoms with Crippen molar-refractivity contribution in [1.82, 2.24) is 0 Å². The number of aryl methyl sites for hydroxylation is 2. The second-order valence-corrected chi connectivity index (χ2v) is 5.38. The van der Waals surface area contributed by atoms with Crippen LogP contribution in [0.3, 0.4) is 0 Å². The molecule has 23 heavy (non-hydrogen) atoms. The van der Waals surface area contributed by atoms with Gasteiger partial charge in [-0.25, -0.2) is 0 Å². The standard InChI is InChI=1S/C21H20O2/c1-3-17-11-9-15-20(22-18-12-5-4-6-13-18)21(17)23-19-14-8-7-10-16(19)2/h4-15H,3H2,1-2H3. The Balaban J connectivity index is 1.98. The molecule has 0 N–H and O–H groups in total. The van der Waals surface area contributed by atoms with Crippen LogP contribution < -0.4 is 9.47 Å². The molecule has 0 atom stereocenters. The molecule has 116 valence electrons. The van der Waals surface area contributed by atoms with Gasteiger partial charge in [0.25, 0.3) is 0 Å². The van der Waals surface area contributed by atoms with Crippen LogP contribution >= 0.6 is 0 Å². The molecule has 0 radical (unpaired) electrons. The van der Waals surface area contributed by atoms with Crippen molar-refractivity contribution in [3.63, 3.8) is 0 Å². The fraction of sp³-hybridized carbons (Fsp3) is 0.143. The highest BCUT2D eigenvalue weighted by atomic mass is 16.5. The Labute approximate surface area is 137 Å². The Hall–Kier alpha value is -2.74. The third-order valence-electron chi connectivity index (χ3n) is 3.72. The maximum absolute atomic E-state index is 6.21. The number of hydrogen-bond donors (Lipinski definition) is 0. The van der Waals surface area contributed by atoms with Crippen LogP contribution in [0, 0.1) is 6.92 Å². The molecular weight excluding hydrogens is 284 g/mol. The normalized spacial score (nSPS) is 10.3. The van der Waals surface area contributed by atoms with Crippen molar-refractivity contribution in [2.24, 2.45) is 0 Å². The Morgan fingerprint density at radius 2 is 1.39 bits per heavy atom. The van der Waals surface area contributed by atoms with E-state index in [-0.39, 0.29) is 0 Å². The molecule has 0 aliphatic carbocycles. The molecule has 0 amide bonds. The van der Waals surface area contributed by atoms with E-state index in [0.29, 0.717) is 0 Å². The van der Waals surface area contributed by atoms with Crippen molar-refractivity contribution < 1.29 is 9.47 Å². The van der Waals surface area contributed by atoms with E-state index < -0.39 is 0 Å². The molecular formula is C21H20O2. The number of para-hydroxylation sites is 3. The minimum Gasteiger partial charge on any atom is -0.453 e. The van der Waals surface area contributed by atoms with E-state index >= 15 is 0 Å². The van der Waals surface area contributed by atoms with Crippen molar-refractivity contribution in [3.05, 3.63) is 83.9 Å². The van der Waals surface area contributed by atoms with E-state index in [4.69, 9.17) is 9.47 Å². The van der Waals surface area contributed by atoms with Crippen LogP contribution in [0.25, 0.3) is 0 Å². The Kier molecular flexibility index (Phi) is 4.62. The fourth-order valence-electron chi connectivity index (χ4n) is 2.43. The molecule has 3 rings (SSSR count). The summed E-state index contributed by atoms with van der Waals surface area (Å²) in [6.07, 6.45) is 0.882. The van der Waals surface area contributed by atoms with Gasteiger partial charge in [0.15, 0.2) is 11.5 Å². The lowest BCUT2D eigenvalue weighted by atomic mass is 10.1. The van der Waals surface area contributed by atoms with E-state index in [0.717, 1.165) is 40.5 Å². The SMILES string of the molecule is CCc1cccc(Oc2ccccc2)c1Oc1ccccc1C. The molecule has 0 unspecified atom stereocenters. The first-order valence-electron chi connectivity index (χ1n) is 7.86. The van der Waals surface area contributed by atoms with Crippen molar-refractivity contribution in [3.8, 4) is 23.0 Å². The maximum Gasteiger partial charge on any atom is 0.173 e. The van der Waals surface area contributed by atoms with E-state index in [9.17, 15) is 0 Å². The minimum absolute atomic E-state index is 0.735. The molecule has 0 heterocycles. The topological polar surface area (TPSA) is 18.5 Å². The largest absolute Gasteiger partial charge is 0.453 e. The average molecular weight is 304 g/mol.